The van der Waals surface area contributed by atoms with Crippen molar-refractivity contribution in [3.63, 3.8) is 0 Å². The van der Waals surface area contributed by atoms with Gasteiger partial charge in [-0.25, -0.2) is 4.98 Å². The van der Waals surface area contributed by atoms with E-state index in [-0.39, 0.29) is 0 Å². The Hall–Kier alpha value is -0.830. The molecule has 8 heavy (non-hydrogen) atoms. The Kier molecular flexibility index (Phi) is 0.676. The minimum absolute atomic E-state index is 0.981. The van der Waals surface area contributed by atoms with Gasteiger partial charge in [0, 0.05) is 5.38 Å². The molecular weight excluding hydrogens is 120 g/mol. The summed E-state index contributed by atoms with van der Waals surface area (Å²) in [6.45, 7) is 0. The second-order valence-electron chi connectivity index (χ2n) is 1.46. The largest absolute Gasteiger partial charge is 0.254 e. The molecule has 0 saturated carbocycles. The maximum Gasteiger partial charge on any atom is 0.147 e. The molecule has 0 bridgehead atoms. The minimum atomic E-state index is 0.981. The number of rotatable bonds is 0. The molecule has 2 aromatic heterocycles. The van der Waals surface area contributed by atoms with E-state index in [4.69, 9.17) is 0 Å². The van der Waals surface area contributed by atoms with E-state index in [0.717, 1.165) is 5.65 Å². The lowest BCUT2D eigenvalue weighted by Gasteiger charge is -1.71. The molecule has 3 heteroatoms. The van der Waals surface area contributed by atoms with Crippen LogP contribution in [0.3, 0.4) is 0 Å². The van der Waals surface area contributed by atoms with E-state index < -0.39 is 0 Å². The van der Waals surface area contributed by atoms with Gasteiger partial charge in [-0.2, -0.15) is 0 Å². The predicted octanol–water partition coefficient (Wildman–Crippen LogP) is 1.20. The number of imidazole rings is 1. The minimum Gasteiger partial charge on any atom is -0.254 e. The molecule has 2 heterocycles. The van der Waals surface area contributed by atoms with E-state index in [1.165, 1.54) is 0 Å². The van der Waals surface area contributed by atoms with Gasteiger partial charge in [0.25, 0.3) is 0 Å². The number of hydrogen-bond acceptors (Lipinski definition) is 2. The van der Waals surface area contributed by atoms with Crippen molar-refractivity contribution in [3.05, 3.63) is 23.8 Å². The summed E-state index contributed by atoms with van der Waals surface area (Å²) in [5.74, 6) is 0. The second-order valence-corrected chi connectivity index (χ2v) is 2.34. The summed E-state index contributed by atoms with van der Waals surface area (Å²) in [4.78, 5) is 3.93. The fourth-order valence-corrected chi connectivity index (χ4v) is 1.25. The molecule has 0 N–H and O–H groups in total. The highest BCUT2D eigenvalue weighted by molar-refractivity contribution is 7.04. The molecule has 0 aromatic carbocycles. The van der Waals surface area contributed by atoms with Gasteiger partial charge in [-0.1, -0.05) is 11.5 Å². The molecule has 0 atom stereocenters. The predicted molar refractivity (Wildman–Crippen MR) is 31.9 cm³/mol. The standard InChI is InChI=1S/C5H3N2S/c1-4-8-7-3-2-6-5(1)7/h1,3-4H. The third kappa shape index (κ3) is 0.391. The van der Waals surface area contributed by atoms with Gasteiger partial charge in [0.15, 0.2) is 0 Å². The van der Waals surface area contributed by atoms with Gasteiger partial charge in [-0.15, -0.1) is 0 Å². The van der Waals surface area contributed by atoms with Gasteiger partial charge in [0.05, 0.1) is 6.20 Å². The lowest BCUT2D eigenvalue weighted by atomic mass is 10.7. The lowest BCUT2D eigenvalue weighted by molar-refractivity contribution is 1.37. The van der Waals surface area contributed by atoms with Gasteiger partial charge in [0.1, 0.15) is 11.8 Å². The fourth-order valence-electron chi connectivity index (χ4n) is 0.615. The number of hydrogen-bond donors (Lipinski definition) is 0. The quantitative estimate of drug-likeness (QED) is 0.514. The fraction of sp³-hybridized carbons (Fsp3) is 0. The van der Waals surface area contributed by atoms with Crippen molar-refractivity contribution in [2.24, 2.45) is 0 Å². The van der Waals surface area contributed by atoms with Crippen LogP contribution in [0.2, 0.25) is 0 Å². The summed E-state index contributed by atoms with van der Waals surface area (Å²) in [5.41, 5.74) is 0.981. The summed E-state index contributed by atoms with van der Waals surface area (Å²) in [5, 5.41) is 2.00. The van der Waals surface area contributed by atoms with Gasteiger partial charge >= 0.3 is 0 Å². The van der Waals surface area contributed by atoms with Crippen LogP contribution in [-0.2, 0) is 0 Å². The average Bonchev–Trinajstić information content (AvgIpc) is 2.15. The Balaban J connectivity index is 3.06. The Morgan fingerprint density at radius 3 is 3.62 bits per heavy atom. The topological polar surface area (TPSA) is 17.3 Å². The highest BCUT2D eigenvalue weighted by Gasteiger charge is 1.89. The smallest absolute Gasteiger partial charge is 0.147 e. The molecule has 0 spiro atoms. The molecule has 0 unspecified atom stereocenters. The van der Waals surface area contributed by atoms with Crippen LogP contribution in [0.4, 0.5) is 0 Å². The maximum atomic E-state index is 3.93. The summed E-state index contributed by atoms with van der Waals surface area (Å²) < 4.78 is 1.96. The number of fused-ring (bicyclic) bond motifs is 1. The van der Waals surface area contributed by atoms with Crippen LogP contribution in [0.1, 0.15) is 0 Å². The Morgan fingerprint density at radius 1 is 1.75 bits per heavy atom. The monoisotopic (exact) mass is 123 g/mol. The van der Waals surface area contributed by atoms with Crippen molar-refractivity contribution >= 4 is 17.2 Å². The first-order valence-corrected chi connectivity index (χ1v) is 3.09. The summed E-state index contributed by atoms with van der Waals surface area (Å²) >= 11 is 1.62. The Bertz CT molecular complexity index is 232. The van der Waals surface area contributed by atoms with Gasteiger partial charge < -0.3 is 0 Å². The van der Waals surface area contributed by atoms with Crippen LogP contribution in [-0.4, -0.2) is 8.77 Å². The zero-order valence-corrected chi connectivity index (χ0v) is 4.85. The van der Waals surface area contributed by atoms with Crippen molar-refractivity contribution < 1.29 is 0 Å². The molecule has 0 aliphatic carbocycles. The molecule has 39 valence electrons. The third-order valence-electron chi connectivity index (χ3n) is 0.971. The summed E-state index contributed by atoms with van der Waals surface area (Å²) in [7, 11) is 0. The Morgan fingerprint density at radius 2 is 2.75 bits per heavy atom. The van der Waals surface area contributed by atoms with Gasteiger partial charge in [-0.3, -0.25) is 3.79 Å². The normalized spacial score (nSPS) is 10.5. The van der Waals surface area contributed by atoms with Crippen LogP contribution < -0.4 is 0 Å². The van der Waals surface area contributed by atoms with E-state index in [1.807, 2.05) is 21.4 Å². The highest BCUT2D eigenvalue weighted by Crippen LogP contribution is 2.04. The van der Waals surface area contributed by atoms with E-state index in [2.05, 4.69) is 11.2 Å². The number of nitrogens with zero attached hydrogens (tertiary/aromatic N) is 2. The lowest BCUT2D eigenvalue weighted by Crippen LogP contribution is -1.63. The Labute approximate surface area is 50.6 Å². The average molecular weight is 123 g/mol. The second kappa shape index (κ2) is 1.32. The molecule has 0 saturated heterocycles. The van der Waals surface area contributed by atoms with Crippen LogP contribution in [0.25, 0.3) is 5.65 Å². The third-order valence-corrected chi connectivity index (χ3v) is 1.75. The molecule has 2 nitrogen and oxygen atoms in total. The molecule has 2 aromatic rings. The molecule has 1 radical (unpaired) electrons. The van der Waals surface area contributed by atoms with Crippen molar-refractivity contribution in [2.45, 2.75) is 0 Å². The van der Waals surface area contributed by atoms with E-state index >= 15 is 0 Å². The first-order chi connectivity index (χ1) is 3.97. The summed E-state index contributed by atoms with van der Waals surface area (Å²) in [6, 6.07) is 1.96. The highest BCUT2D eigenvalue weighted by atomic mass is 32.1. The molecule has 0 amide bonds. The summed E-state index contributed by atoms with van der Waals surface area (Å²) in [6.07, 6.45) is 4.56. The van der Waals surface area contributed by atoms with Crippen molar-refractivity contribution in [1.82, 2.24) is 8.77 Å². The van der Waals surface area contributed by atoms with Crippen LogP contribution >= 0.6 is 11.5 Å². The molecule has 2 rings (SSSR count). The molecule has 0 aliphatic heterocycles. The van der Waals surface area contributed by atoms with Gasteiger partial charge in [0.2, 0.25) is 0 Å². The van der Waals surface area contributed by atoms with Crippen LogP contribution in [0, 0.1) is 6.20 Å². The zero-order chi connectivity index (χ0) is 5.40. The first-order valence-electron chi connectivity index (χ1n) is 2.26. The number of aromatic nitrogens is 2. The van der Waals surface area contributed by atoms with E-state index in [9.17, 15) is 0 Å². The van der Waals surface area contributed by atoms with Crippen LogP contribution in [0.5, 0.6) is 0 Å². The molecular formula is C5H3N2S. The molecule has 0 aliphatic rings. The van der Waals surface area contributed by atoms with E-state index in [0.29, 0.717) is 0 Å². The zero-order valence-electron chi connectivity index (χ0n) is 4.03. The van der Waals surface area contributed by atoms with Crippen molar-refractivity contribution in [3.8, 4) is 0 Å². The van der Waals surface area contributed by atoms with E-state index in [1.54, 1.807) is 11.5 Å². The molecule has 0 fully saturated rings. The van der Waals surface area contributed by atoms with Crippen molar-refractivity contribution in [2.75, 3.05) is 0 Å². The first kappa shape index (κ1) is 4.09. The maximum absolute atomic E-state index is 3.93. The van der Waals surface area contributed by atoms with Crippen molar-refractivity contribution in [1.29, 1.82) is 0 Å². The van der Waals surface area contributed by atoms with Gasteiger partial charge in [-0.05, 0) is 6.07 Å². The SMILES string of the molecule is [c]1cn2sccc2n1. The van der Waals surface area contributed by atoms with Crippen LogP contribution in [0.15, 0.2) is 17.6 Å².